The minimum atomic E-state index is -4.62. The molecule has 33 heavy (non-hydrogen) atoms. The van der Waals surface area contributed by atoms with Crippen LogP contribution in [0.2, 0.25) is 10.0 Å². The van der Waals surface area contributed by atoms with E-state index in [0.29, 0.717) is 23.7 Å². The van der Waals surface area contributed by atoms with Crippen LogP contribution in [-0.4, -0.2) is 26.9 Å². The van der Waals surface area contributed by atoms with E-state index in [1.807, 2.05) is 18.2 Å². The molecule has 0 bridgehead atoms. The van der Waals surface area contributed by atoms with Crippen LogP contribution in [0.1, 0.15) is 29.6 Å². The quantitative estimate of drug-likeness (QED) is 0.390. The maximum Gasteiger partial charge on any atom is 0.416 e. The standard InChI is InChI=1S/C22H17Cl2F3N4O2/c1-3-16-18-20(28-17(29-21(18)32)8-11-5-4-6-13(7-11)33-2)31(30-16)19-14(23)9-12(10-15(19)24)22(25,26)27/h4-7,9-10H,3,8H2,1-2H3,(H,28,29,32). The molecule has 2 heterocycles. The van der Waals surface area contributed by atoms with Gasteiger partial charge in [0, 0.05) is 6.42 Å². The molecule has 0 amide bonds. The molecule has 2 aromatic heterocycles. The largest absolute Gasteiger partial charge is 0.497 e. The van der Waals surface area contributed by atoms with E-state index >= 15 is 0 Å². The Labute approximate surface area is 195 Å². The van der Waals surface area contributed by atoms with Gasteiger partial charge in [-0.3, -0.25) is 4.79 Å². The second-order valence-corrected chi connectivity index (χ2v) is 8.05. The number of aryl methyl sites for hydroxylation is 1. The van der Waals surface area contributed by atoms with Gasteiger partial charge in [0.05, 0.1) is 28.4 Å². The summed E-state index contributed by atoms with van der Waals surface area (Å²) in [4.78, 5) is 20.2. The number of ether oxygens (including phenoxy) is 1. The van der Waals surface area contributed by atoms with Crippen molar-refractivity contribution in [2.75, 3.05) is 7.11 Å². The molecule has 11 heteroatoms. The number of fused-ring (bicyclic) bond motifs is 1. The fourth-order valence-corrected chi connectivity index (χ4v) is 4.18. The lowest BCUT2D eigenvalue weighted by Crippen LogP contribution is -2.14. The van der Waals surface area contributed by atoms with E-state index in [4.69, 9.17) is 27.9 Å². The SMILES string of the molecule is CCc1nn(-c2c(Cl)cc(C(F)(F)F)cc2Cl)c2nc(Cc3cccc(OC)c3)[nH]c(=O)c12. The van der Waals surface area contributed by atoms with Gasteiger partial charge in [-0.1, -0.05) is 42.3 Å². The molecule has 0 fully saturated rings. The summed E-state index contributed by atoms with van der Waals surface area (Å²) in [5, 5.41) is 4.08. The molecule has 4 rings (SSSR count). The summed E-state index contributed by atoms with van der Waals surface area (Å²) in [5.41, 5.74) is 0.0135. The highest BCUT2D eigenvalue weighted by atomic mass is 35.5. The van der Waals surface area contributed by atoms with Gasteiger partial charge in [0.25, 0.3) is 5.56 Å². The van der Waals surface area contributed by atoms with Crippen LogP contribution >= 0.6 is 23.2 Å². The lowest BCUT2D eigenvalue weighted by Gasteiger charge is -2.13. The number of H-pyrrole nitrogens is 1. The van der Waals surface area contributed by atoms with Crippen LogP contribution in [0.4, 0.5) is 13.2 Å². The molecule has 2 aromatic carbocycles. The van der Waals surface area contributed by atoms with Gasteiger partial charge in [-0.05, 0) is 36.2 Å². The summed E-state index contributed by atoms with van der Waals surface area (Å²) >= 11 is 12.4. The smallest absolute Gasteiger partial charge is 0.416 e. The number of halogens is 5. The van der Waals surface area contributed by atoms with Crippen LogP contribution in [0.15, 0.2) is 41.2 Å². The van der Waals surface area contributed by atoms with Crippen molar-refractivity contribution in [3.05, 3.63) is 79.4 Å². The summed E-state index contributed by atoms with van der Waals surface area (Å²) in [6.45, 7) is 1.80. The van der Waals surface area contributed by atoms with Crippen molar-refractivity contribution in [1.29, 1.82) is 0 Å². The van der Waals surface area contributed by atoms with Gasteiger partial charge in [0.2, 0.25) is 0 Å². The number of alkyl halides is 3. The number of hydrogen-bond donors (Lipinski definition) is 1. The van der Waals surface area contributed by atoms with Crippen molar-refractivity contribution in [3.8, 4) is 11.4 Å². The topological polar surface area (TPSA) is 72.8 Å². The minimum Gasteiger partial charge on any atom is -0.497 e. The maximum atomic E-state index is 13.2. The number of benzene rings is 2. The van der Waals surface area contributed by atoms with E-state index in [0.717, 1.165) is 17.7 Å². The second kappa shape index (κ2) is 8.72. The highest BCUT2D eigenvalue weighted by Crippen LogP contribution is 2.38. The van der Waals surface area contributed by atoms with Crippen molar-refractivity contribution < 1.29 is 17.9 Å². The molecular weight excluding hydrogens is 480 g/mol. The molecule has 0 aliphatic rings. The van der Waals surface area contributed by atoms with E-state index in [9.17, 15) is 18.0 Å². The summed E-state index contributed by atoms with van der Waals surface area (Å²) in [6.07, 6.45) is -3.95. The summed E-state index contributed by atoms with van der Waals surface area (Å²) in [7, 11) is 1.55. The van der Waals surface area contributed by atoms with Gasteiger partial charge < -0.3 is 9.72 Å². The fraction of sp³-hybridized carbons (Fsp3) is 0.227. The van der Waals surface area contributed by atoms with Crippen LogP contribution in [0.25, 0.3) is 16.7 Å². The third-order valence-corrected chi connectivity index (χ3v) is 5.63. The van der Waals surface area contributed by atoms with Gasteiger partial charge >= 0.3 is 6.18 Å². The van der Waals surface area contributed by atoms with Gasteiger partial charge in [-0.25, -0.2) is 9.67 Å². The number of aromatic nitrogens is 4. The normalized spacial score (nSPS) is 11.8. The number of aromatic amines is 1. The Morgan fingerprint density at radius 2 is 1.85 bits per heavy atom. The highest BCUT2D eigenvalue weighted by molar-refractivity contribution is 6.38. The van der Waals surface area contributed by atoms with Crippen LogP contribution < -0.4 is 10.3 Å². The van der Waals surface area contributed by atoms with Gasteiger partial charge in [0.15, 0.2) is 5.65 Å². The Hall–Kier alpha value is -3.04. The Morgan fingerprint density at radius 3 is 2.45 bits per heavy atom. The Bertz CT molecular complexity index is 1390. The van der Waals surface area contributed by atoms with E-state index in [1.165, 1.54) is 4.68 Å². The molecule has 0 saturated heterocycles. The zero-order valence-electron chi connectivity index (χ0n) is 17.4. The van der Waals surface area contributed by atoms with E-state index in [2.05, 4.69) is 15.1 Å². The second-order valence-electron chi connectivity index (χ2n) is 7.24. The maximum absolute atomic E-state index is 13.2. The van der Waals surface area contributed by atoms with Crippen molar-refractivity contribution in [1.82, 2.24) is 19.7 Å². The zero-order chi connectivity index (χ0) is 23.9. The van der Waals surface area contributed by atoms with Gasteiger partial charge in [-0.2, -0.15) is 18.3 Å². The lowest BCUT2D eigenvalue weighted by molar-refractivity contribution is -0.137. The predicted molar refractivity (Wildman–Crippen MR) is 120 cm³/mol. The highest BCUT2D eigenvalue weighted by Gasteiger charge is 2.32. The first-order valence-corrected chi connectivity index (χ1v) is 10.6. The van der Waals surface area contributed by atoms with Gasteiger partial charge in [-0.15, -0.1) is 0 Å². The zero-order valence-corrected chi connectivity index (χ0v) is 18.9. The summed E-state index contributed by atoms with van der Waals surface area (Å²) in [5.74, 6) is 0.987. The number of rotatable bonds is 5. The molecule has 4 aromatic rings. The third-order valence-electron chi connectivity index (χ3n) is 5.06. The van der Waals surface area contributed by atoms with Crippen LogP contribution in [0.5, 0.6) is 5.75 Å². The van der Waals surface area contributed by atoms with Gasteiger partial charge in [0.1, 0.15) is 22.6 Å². The first-order valence-electron chi connectivity index (χ1n) is 9.82. The Kier molecular flexibility index (Phi) is 6.11. The number of nitrogens with one attached hydrogen (secondary N) is 1. The number of nitrogens with zero attached hydrogens (tertiary/aromatic N) is 3. The van der Waals surface area contributed by atoms with Crippen LogP contribution in [0, 0.1) is 0 Å². The fourth-order valence-electron chi connectivity index (χ4n) is 3.53. The van der Waals surface area contributed by atoms with Crippen LogP contribution in [-0.2, 0) is 19.0 Å². The monoisotopic (exact) mass is 496 g/mol. The molecule has 0 aliphatic carbocycles. The average Bonchev–Trinajstić information content (AvgIpc) is 3.11. The van der Waals surface area contributed by atoms with Crippen molar-refractivity contribution in [2.45, 2.75) is 25.9 Å². The van der Waals surface area contributed by atoms with E-state index < -0.39 is 17.3 Å². The first kappa shape index (κ1) is 23.1. The van der Waals surface area contributed by atoms with Crippen LogP contribution in [0.3, 0.4) is 0 Å². The van der Waals surface area contributed by atoms with Crippen molar-refractivity contribution in [2.24, 2.45) is 0 Å². The third kappa shape index (κ3) is 4.43. The molecular formula is C22H17Cl2F3N4O2. The van der Waals surface area contributed by atoms with Crippen molar-refractivity contribution >= 4 is 34.2 Å². The summed E-state index contributed by atoms with van der Waals surface area (Å²) in [6, 6.07) is 8.80. The van der Waals surface area contributed by atoms with E-state index in [1.54, 1.807) is 20.1 Å². The molecule has 1 N–H and O–H groups in total. The number of hydrogen-bond acceptors (Lipinski definition) is 4. The number of methoxy groups -OCH3 is 1. The minimum absolute atomic E-state index is 0.0152. The predicted octanol–water partition coefficient (Wildman–Crippen LogP) is 5.60. The Balaban J connectivity index is 1.90. The molecule has 0 saturated carbocycles. The molecule has 0 spiro atoms. The molecule has 0 radical (unpaired) electrons. The Morgan fingerprint density at radius 1 is 1.15 bits per heavy atom. The molecule has 0 aliphatic heterocycles. The first-order chi connectivity index (χ1) is 15.6. The molecule has 0 atom stereocenters. The average molecular weight is 497 g/mol. The van der Waals surface area contributed by atoms with Crippen molar-refractivity contribution in [3.63, 3.8) is 0 Å². The molecule has 0 unspecified atom stereocenters. The van der Waals surface area contributed by atoms with E-state index in [-0.39, 0.29) is 33.2 Å². The molecule has 6 nitrogen and oxygen atoms in total. The summed E-state index contributed by atoms with van der Waals surface area (Å²) < 4.78 is 45.9. The lowest BCUT2D eigenvalue weighted by atomic mass is 10.1. The molecule has 172 valence electrons.